The van der Waals surface area contributed by atoms with Crippen molar-refractivity contribution in [1.82, 2.24) is 15.5 Å². The summed E-state index contributed by atoms with van der Waals surface area (Å²) in [5.41, 5.74) is 4.06. The number of carbonyl (C=O) groups excluding carboxylic acids is 1. The summed E-state index contributed by atoms with van der Waals surface area (Å²) in [7, 11) is -0.788. The number of carbonyl (C=O) groups is 1. The van der Waals surface area contributed by atoms with Gasteiger partial charge in [0.25, 0.3) is 5.91 Å². The van der Waals surface area contributed by atoms with Gasteiger partial charge in [-0.1, -0.05) is 48.0 Å². The van der Waals surface area contributed by atoms with Gasteiger partial charge in [0.05, 0.1) is 28.8 Å². The molecular weight excluding hydrogens is 556 g/mol. The van der Waals surface area contributed by atoms with Crippen LogP contribution in [-0.4, -0.2) is 50.0 Å². The zero-order valence-corrected chi connectivity index (χ0v) is 24.0. The average molecular weight is 583 g/mol. The van der Waals surface area contributed by atoms with Crippen molar-refractivity contribution >= 4 is 43.6 Å². The number of fused-ring (bicyclic) bond motifs is 2. The molecule has 3 aromatic heterocycles. The van der Waals surface area contributed by atoms with Crippen LogP contribution in [0.15, 0.2) is 81.6 Å². The molecule has 0 aliphatic carbocycles. The number of amides is 1. The van der Waals surface area contributed by atoms with E-state index in [0.29, 0.717) is 39.2 Å². The summed E-state index contributed by atoms with van der Waals surface area (Å²) in [6, 6.07) is 21.5. The van der Waals surface area contributed by atoms with Gasteiger partial charge in [0, 0.05) is 42.1 Å². The predicted octanol–water partition coefficient (Wildman–Crippen LogP) is 5.74. The van der Waals surface area contributed by atoms with Crippen LogP contribution in [0.2, 0.25) is 0 Å². The maximum Gasteiger partial charge on any atom is 0.255 e. The highest BCUT2D eigenvalue weighted by Gasteiger charge is 2.27. The molecule has 0 unspecified atom stereocenters. The van der Waals surface area contributed by atoms with Crippen molar-refractivity contribution in [2.75, 3.05) is 24.7 Å². The van der Waals surface area contributed by atoms with Gasteiger partial charge in [0.15, 0.2) is 0 Å². The van der Waals surface area contributed by atoms with Gasteiger partial charge < -0.3 is 19.3 Å². The Morgan fingerprint density at radius 1 is 0.929 bits per heavy atom. The minimum atomic E-state index is -3.73. The van der Waals surface area contributed by atoms with Crippen molar-refractivity contribution in [3.05, 3.63) is 83.9 Å². The van der Waals surface area contributed by atoms with Crippen LogP contribution in [0.4, 0.5) is 5.69 Å². The van der Waals surface area contributed by atoms with Gasteiger partial charge in [-0.3, -0.25) is 9.10 Å². The largest absolute Gasteiger partial charge is 0.492 e. The summed E-state index contributed by atoms with van der Waals surface area (Å²) in [5, 5.41) is 22.7. The first-order valence-corrected chi connectivity index (χ1v) is 14.8. The van der Waals surface area contributed by atoms with E-state index in [1.807, 2.05) is 55.5 Å². The van der Waals surface area contributed by atoms with Crippen LogP contribution in [0.25, 0.3) is 55.8 Å². The number of aryl methyl sites for hydroxylation is 1. The summed E-state index contributed by atoms with van der Waals surface area (Å²) < 4.78 is 38.7. The van der Waals surface area contributed by atoms with Crippen molar-refractivity contribution in [2.45, 2.75) is 6.92 Å². The second-order valence-electron chi connectivity index (χ2n) is 9.96. The van der Waals surface area contributed by atoms with Gasteiger partial charge in [-0.15, -0.1) is 10.2 Å². The molecule has 10 nitrogen and oxygen atoms in total. The average Bonchev–Trinajstić information content (AvgIpc) is 3.57. The second-order valence-corrected chi connectivity index (χ2v) is 12.0. The minimum absolute atomic E-state index is 0.244. The molecule has 0 atom stereocenters. The molecule has 1 amide bonds. The Morgan fingerprint density at radius 2 is 1.67 bits per heavy atom. The molecule has 0 saturated heterocycles. The number of hydrogen-bond acceptors (Lipinski definition) is 8. The van der Waals surface area contributed by atoms with Gasteiger partial charge in [-0.2, -0.15) is 0 Å². The van der Waals surface area contributed by atoms with Crippen molar-refractivity contribution in [3.63, 3.8) is 0 Å². The third-order valence-electron chi connectivity index (χ3n) is 7.15. The maximum absolute atomic E-state index is 13.2. The third kappa shape index (κ3) is 4.63. The van der Waals surface area contributed by atoms with Crippen LogP contribution >= 0.6 is 0 Å². The van der Waals surface area contributed by atoms with E-state index < -0.39 is 10.0 Å². The number of anilines is 1. The number of aromatic hydroxyl groups is 1. The molecule has 6 aromatic rings. The lowest BCUT2D eigenvalue weighted by Gasteiger charge is -2.20. The van der Waals surface area contributed by atoms with Crippen LogP contribution in [0.5, 0.6) is 5.88 Å². The molecule has 2 N–H and O–H groups in total. The lowest BCUT2D eigenvalue weighted by atomic mass is 10.00. The van der Waals surface area contributed by atoms with Crippen molar-refractivity contribution < 1.29 is 27.2 Å². The van der Waals surface area contributed by atoms with E-state index in [1.54, 1.807) is 24.3 Å². The highest BCUT2D eigenvalue weighted by molar-refractivity contribution is 7.92. The van der Waals surface area contributed by atoms with Crippen LogP contribution in [-0.2, 0) is 10.0 Å². The Bertz CT molecular complexity index is 2080. The Labute approximate surface area is 241 Å². The molecule has 0 fully saturated rings. The topological polar surface area (TPSA) is 139 Å². The maximum atomic E-state index is 13.2. The Kier molecular flexibility index (Phi) is 6.46. The Balaban J connectivity index is 1.63. The molecule has 3 aromatic carbocycles. The molecule has 0 aliphatic rings. The first-order chi connectivity index (χ1) is 20.0. The van der Waals surface area contributed by atoms with Gasteiger partial charge in [0.1, 0.15) is 22.7 Å². The number of para-hydroxylation sites is 1. The number of rotatable bonds is 6. The standard InChI is InChI=1S/C31H26N4O6S/c1-17-9-11-18(12-10-17)29-28(31(37)32-2)21-14-20(24(16-27(21)41-29)35(3)42(4,38)39)23-15-22(30(36)34-33-23)26-13-19-7-5-6-8-25(19)40-26/h5-16H,1-4H3,(H,32,37)(H,34,36). The fourth-order valence-corrected chi connectivity index (χ4v) is 5.36. The fraction of sp³-hybridized carbons (Fsp3) is 0.129. The normalized spacial score (nSPS) is 11.7. The monoisotopic (exact) mass is 582 g/mol. The van der Waals surface area contributed by atoms with Crippen molar-refractivity contribution in [1.29, 1.82) is 0 Å². The van der Waals surface area contributed by atoms with E-state index in [9.17, 15) is 18.3 Å². The van der Waals surface area contributed by atoms with E-state index in [-0.39, 0.29) is 34.3 Å². The summed E-state index contributed by atoms with van der Waals surface area (Å²) in [4.78, 5) is 13.2. The lowest BCUT2D eigenvalue weighted by molar-refractivity contribution is 0.0964. The Morgan fingerprint density at radius 3 is 2.36 bits per heavy atom. The quantitative estimate of drug-likeness (QED) is 0.254. The first-order valence-electron chi connectivity index (χ1n) is 12.9. The molecular formula is C31H26N4O6S. The zero-order chi connectivity index (χ0) is 29.8. The molecule has 42 heavy (non-hydrogen) atoms. The smallest absolute Gasteiger partial charge is 0.255 e. The fourth-order valence-electron chi connectivity index (χ4n) is 4.85. The molecule has 0 aliphatic heterocycles. The molecule has 11 heteroatoms. The summed E-state index contributed by atoms with van der Waals surface area (Å²) in [5.74, 6) is -0.0265. The second kappa shape index (κ2) is 10.0. The van der Waals surface area contributed by atoms with E-state index in [2.05, 4.69) is 15.5 Å². The summed E-state index contributed by atoms with van der Waals surface area (Å²) in [6.07, 6.45) is 1.08. The molecule has 3 heterocycles. The van der Waals surface area contributed by atoms with Crippen molar-refractivity contribution in [3.8, 4) is 39.8 Å². The van der Waals surface area contributed by atoms with E-state index in [0.717, 1.165) is 21.5 Å². The van der Waals surface area contributed by atoms with Crippen molar-refractivity contribution in [2.24, 2.45) is 0 Å². The van der Waals surface area contributed by atoms with E-state index in [1.165, 1.54) is 14.1 Å². The first kappa shape index (κ1) is 27.0. The molecule has 0 saturated carbocycles. The van der Waals surface area contributed by atoms with Gasteiger partial charge >= 0.3 is 0 Å². The van der Waals surface area contributed by atoms with E-state index >= 15 is 0 Å². The van der Waals surface area contributed by atoms with Crippen LogP contribution in [0.1, 0.15) is 15.9 Å². The van der Waals surface area contributed by atoms with Gasteiger partial charge in [-0.05, 0) is 31.2 Å². The van der Waals surface area contributed by atoms with Crippen LogP contribution < -0.4 is 9.62 Å². The molecule has 0 spiro atoms. The molecule has 0 bridgehead atoms. The molecule has 0 radical (unpaired) electrons. The van der Waals surface area contributed by atoms with Crippen LogP contribution in [0, 0.1) is 6.92 Å². The SMILES string of the molecule is CNC(=O)c1c(-c2ccc(C)cc2)oc2cc(N(C)S(C)(=O)=O)c(-c3cc(-c4cc5ccccc5o4)c(O)nn3)cc12. The van der Waals surface area contributed by atoms with Gasteiger partial charge in [-0.25, -0.2) is 8.42 Å². The highest BCUT2D eigenvalue weighted by Crippen LogP contribution is 2.42. The predicted molar refractivity (Wildman–Crippen MR) is 161 cm³/mol. The number of aromatic nitrogens is 2. The van der Waals surface area contributed by atoms with Crippen LogP contribution in [0.3, 0.4) is 0 Å². The number of nitrogens with one attached hydrogen (secondary N) is 1. The minimum Gasteiger partial charge on any atom is -0.492 e. The highest BCUT2D eigenvalue weighted by atomic mass is 32.2. The lowest BCUT2D eigenvalue weighted by Crippen LogP contribution is -2.25. The molecule has 6 rings (SSSR count). The number of nitrogens with zero attached hydrogens (tertiary/aromatic N) is 3. The number of furan rings is 2. The van der Waals surface area contributed by atoms with Gasteiger partial charge in [0.2, 0.25) is 15.9 Å². The summed E-state index contributed by atoms with van der Waals surface area (Å²) in [6.45, 7) is 1.96. The number of benzene rings is 3. The van der Waals surface area contributed by atoms with E-state index in [4.69, 9.17) is 8.83 Å². The zero-order valence-electron chi connectivity index (χ0n) is 23.2. The number of hydrogen-bond donors (Lipinski definition) is 2. The Hall–Kier alpha value is -5.16. The number of sulfonamides is 1. The summed E-state index contributed by atoms with van der Waals surface area (Å²) >= 11 is 0. The third-order valence-corrected chi connectivity index (χ3v) is 8.34. The molecule has 212 valence electrons.